The molecule has 1 aliphatic heterocycles. The van der Waals surface area contributed by atoms with Crippen LogP contribution in [0.1, 0.15) is 50.5 Å². The Morgan fingerprint density at radius 1 is 1.00 bits per heavy atom. The quantitative estimate of drug-likeness (QED) is 0.640. The summed E-state index contributed by atoms with van der Waals surface area (Å²) in [4.78, 5) is 2.46. The lowest BCUT2D eigenvalue weighted by Crippen LogP contribution is -2.41. The molecule has 110 valence electrons. The number of alkyl halides is 1. The van der Waals surface area contributed by atoms with Gasteiger partial charge in [0.15, 0.2) is 0 Å². The number of benzene rings is 1. The third kappa shape index (κ3) is 2.94. The zero-order valence-electron chi connectivity index (χ0n) is 12.0. The normalized spacial score (nSPS) is 22.2. The summed E-state index contributed by atoms with van der Waals surface area (Å²) in [5, 5.41) is 0.850. The van der Waals surface area contributed by atoms with E-state index in [1.807, 2.05) is 6.07 Å². The first-order chi connectivity index (χ1) is 9.72. The largest absolute Gasteiger partial charge is 0.370 e. The lowest BCUT2D eigenvalue weighted by atomic mass is 9.68. The summed E-state index contributed by atoms with van der Waals surface area (Å²) in [7, 11) is 0. The van der Waals surface area contributed by atoms with Crippen LogP contribution >= 0.6 is 23.2 Å². The monoisotopic (exact) mass is 311 g/mol. The minimum Gasteiger partial charge on any atom is -0.370 e. The molecule has 1 aromatic carbocycles. The van der Waals surface area contributed by atoms with Gasteiger partial charge in [0.25, 0.3) is 0 Å². The second kappa shape index (κ2) is 6.15. The first-order valence-corrected chi connectivity index (χ1v) is 8.73. The lowest BCUT2D eigenvalue weighted by Gasteiger charge is -2.45. The second-order valence-electron chi connectivity index (χ2n) is 6.47. The Kier molecular flexibility index (Phi) is 4.47. The van der Waals surface area contributed by atoms with Crippen molar-refractivity contribution in [3.8, 4) is 0 Å². The summed E-state index contributed by atoms with van der Waals surface area (Å²) in [6.07, 6.45) is 9.87. The minimum absolute atomic E-state index is 0.531. The Balaban J connectivity index is 1.68. The molecule has 0 atom stereocenters. The molecule has 3 rings (SSSR count). The molecule has 1 heterocycles. The second-order valence-corrected chi connectivity index (χ2v) is 7.14. The number of hydrogen-bond donors (Lipinski definition) is 0. The van der Waals surface area contributed by atoms with Crippen molar-refractivity contribution in [3.63, 3.8) is 0 Å². The first kappa shape index (κ1) is 14.5. The molecule has 1 saturated carbocycles. The molecule has 20 heavy (non-hydrogen) atoms. The van der Waals surface area contributed by atoms with Crippen LogP contribution in [0.4, 0.5) is 5.69 Å². The van der Waals surface area contributed by atoms with Crippen molar-refractivity contribution in [1.82, 2.24) is 0 Å². The van der Waals surface area contributed by atoms with Gasteiger partial charge in [-0.15, -0.1) is 11.6 Å². The Morgan fingerprint density at radius 3 is 2.30 bits per heavy atom. The van der Waals surface area contributed by atoms with Gasteiger partial charge >= 0.3 is 0 Å². The molecule has 2 aliphatic rings. The van der Waals surface area contributed by atoms with Crippen LogP contribution in [0.3, 0.4) is 0 Å². The van der Waals surface area contributed by atoms with E-state index in [1.54, 1.807) is 0 Å². The highest BCUT2D eigenvalue weighted by molar-refractivity contribution is 6.33. The lowest BCUT2D eigenvalue weighted by molar-refractivity contribution is 0.144. The molecule has 0 radical (unpaired) electrons. The van der Waals surface area contributed by atoms with E-state index in [0.717, 1.165) is 23.7 Å². The Bertz CT molecular complexity index is 456. The van der Waals surface area contributed by atoms with Crippen molar-refractivity contribution in [3.05, 3.63) is 28.8 Å². The minimum atomic E-state index is 0.531. The smallest absolute Gasteiger partial charge is 0.0642 e. The molecule has 1 nitrogen and oxygen atoms in total. The van der Waals surface area contributed by atoms with E-state index in [-0.39, 0.29) is 0 Å². The van der Waals surface area contributed by atoms with Crippen molar-refractivity contribution >= 4 is 28.9 Å². The zero-order valence-corrected chi connectivity index (χ0v) is 13.5. The highest BCUT2D eigenvalue weighted by atomic mass is 35.5. The van der Waals surface area contributed by atoms with E-state index < -0.39 is 0 Å². The van der Waals surface area contributed by atoms with Crippen molar-refractivity contribution in [1.29, 1.82) is 0 Å². The van der Waals surface area contributed by atoms with Crippen molar-refractivity contribution < 1.29 is 0 Å². The topological polar surface area (TPSA) is 3.24 Å². The average Bonchev–Trinajstić information content (AvgIpc) is 2.49. The highest BCUT2D eigenvalue weighted by Gasteiger charge is 2.35. The van der Waals surface area contributed by atoms with Gasteiger partial charge in [-0.05, 0) is 48.8 Å². The summed E-state index contributed by atoms with van der Waals surface area (Å²) < 4.78 is 0. The van der Waals surface area contributed by atoms with Crippen LogP contribution in [0.2, 0.25) is 5.02 Å². The first-order valence-electron chi connectivity index (χ1n) is 7.82. The number of piperidine rings is 1. The fraction of sp³-hybridized carbons (Fsp3) is 0.647. The Morgan fingerprint density at radius 2 is 1.70 bits per heavy atom. The fourth-order valence-electron chi connectivity index (χ4n) is 3.91. The molecule has 0 aromatic heterocycles. The number of nitrogens with zero attached hydrogens (tertiary/aromatic N) is 1. The standard InChI is InChI=1S/C17H23Cl2N/c18-13-14-4-5-16(15(19)12-14)20-10-8-17(9-11-20)6-2-1-3-7-17/h4-5,12H,1-3,6-11,13H2. The molecule has 0 amide bonds. The summed E-state index contributed by atoms with van der Waals surface area (Å²) in [5.74, 6) is 0.531. The van der Waals surface area contributed by atoms with E-state index in [2.05, 4.69) is 17.0 Å². The molecule has 2 fully saturated rings. The van der Waals surface area contributed by atoms with Gasteiger partial charge in [-0.3, -0.25) is 0 Å². The van der Waals surface area contributed by atoms with E-state index in [9.17, 15) is 0 Å². The average molecular weight is 312 g/mol. The van der Waals surface area contributed by atoms with Crippen LogP contribution in [0.5, 0.6) is 0 Å². The van der Waals surface area contributed by atoms with Gasteiger partial charge < -0.3 is 4.90 Å². The highest BCUT2D eigenvalue weighted by Crippen LogP contribution is 2.45. The van der Waals surface area contributed by atoms with E-state index in [4.69, 9.17) is 23.2 Å². The van der Waals surface area contributed by atoms with Crippen LogP contribution < -0.4 is 4.90 Å². The molecular weight excluding hydrogens is 289 g/mol. The van der Waals surface area contributed by atoms with Crippen LogP contribution in [-0.4, -0.2) is 13.1 Å². The summed E-state index contributed by atoms with van der Waals surface area (Å²) >= 11 is 12.3. The molecule has 1 aliphatic carbocycles. The third-order valence-corrected chi connectivity index (χ3v) is 5.86. The molecule has 0 N–H and O–H groups in total. The van der Waals surface area contributed by atoms with E-state index in [0.29, 0.717) is 11.3 Å². The van der Waals surface area contributed by atoms with Crippen molar-refractivity contribution in [2.45, 2.75) is 50.8 Å². The van der Waals surface area contributed by atoms with Crippen LogP contribution in [0, 0.1) is 5.41 Å². The molecule has 0 bridgehead atoms. The van der Waals surface area contributed by atoms with E-state index >= 15 is 0 Å². The predicted molar refractivity (Wildman–Crippen MR) is 88.0 cm³/mol. The van der Waals surface area contributed by atoms with Crippen LogP contribution in [-0.2, 0) is 5.88 Å². The maximum absolute atomic E-state index is 6.42. The number of rotatable bonds is 2. The van der Waals surface area contributed by atoms with Gasteiger partial charge in [0.2, 0.25) is 0 Å². The molecular formula is C17H23Cl2N. The molecule has 1 saturated heterocycles. The van der Waals surface area contributed by atoms with Crippen molar-refractivity contribution in [2.75, 3.05) is 18.0 Å². The van der Waals surface area contributed by atoms with Gasteiger partial charge in [0.05, 0.1) is 10.7 Å². The third-order valence-electron chi connectivity index (χ3n) is 5.25. The number of halogens is 2. The summed E-state index contributed by atoms with van der Waals surface area (Å²) in [5.41, 5.74) is 2.93. The van der Waals surface area contributed by atoms with Gasteiger partial charge in [0, 0.05) is 19.0 Å². The van der Waals surface area contributed by atoms with Crippen LogP contribution in [0.15, 0.2) is 18.2 Å². The van der Waals surface area contributed by atoms with Crippen LogP contribution in [0.25, 0.3) is 0 Å². The maximum atomic E-state index is 6.42. The van der Waals surface area contributed by atoms with E-state index in [1.165, 1.54) is 50.6 Å². The molecule has 1 aromatic rings. The Labute approximate surface area is 132 Å². The summed E-state index contributed by atoms with van der Waals surface area (Å²) in [6, 6.07) is 6.24. The van der Waals surface area contributed by atoms with Gasteiger partial charge in [-0.2, -0.15) is 0 Å². The SMILES string of the molecule is ClCc1ccc(N2CCC3(CCCCC3)CC2)c(Cl)c1. The zero-order chi connectivity index (χ0) is 14.0. The number of hydrogen-bond acceptors (Lipinski definition) is 1. The number of anilines is 1. The molecule has 1 spiro atoms. The Hall–Kier alpha value is -0.400. The molecule has 0 unspecified atom stereocenters. The summed E-state index contributed by atoms with van der Waals surface area (Å²) in [6.45, 7) is 2.31. The van der Waals surface area contributed by atoms with Gasteiger partial charge in [-0.25, -0.2) is 0 Å². The van der Waals surface area contributed by atoms with Gasteiger partial charge in [-0.1, -0.05) is 36.9 Å². The maximum Gasteiger partial charge on any atom is 0.0642 e. The molecule has 3 heteroatoms. The van der Waals surface area contributed by atoms with Crippen molar-refractivity contribution in [2.24, 2.45) is 5.41 Å². The predicted octanol–water partition coefficient (Wildman–Crippen LogP) is 5.63. The fourth-order valence-corrected chi connectivity index (χ4v) is 4.40. The van der Waals surface area contributed by atoms with Gasteiger partial charge in [0.1, 0.15) is 0 Å².